The van der Waals surface area contributed by atoms with Crippen molar-refractivity contribution in [3.05, 3.63) is 0 Å². The van der Waals surface area contributed by atoms with Gasteiger partial charge < -0.3 is 15.4 Å². The quantitative estimate of drug-likeness (QED) is 0.727. The highest BCUT2D eigenvalue weighted by molar-refractivity contribution is 5.77. The first kappa shape index (κ1) is 18.0. The molecule has 1 saturated heterocycles. The molecule has 0 bridgehead atoms. The standard InChI is InChI=1S/C16H30N2O3/c1-4-21-16(20)14-5-7-18(8-6-14)15(19)10-13(11-17)9-12(2)3/h12-14H,4-11,17H2,1-3H3/t13-/m0/s1. The molecular weight excluding hydrogens is 268 g/mol. The van der Waals surface area contributed by atoms with Crippen LogP contribution in [0.1, 0.15) is 46.5 Å². The van der Waals surface area contributed by atoms with E-state index in [4.69, 9.17) is 10.5 Å². The summed E-state index contributed by atoms with van der Waals surface area (Å²) >= 11 is 0. The van der Waals surface area contributed by atoms with Crippen LogP contribution in [-0.4, -0.2) is 43.0 Å². The van der Waals surface area contributed by atoms with Crippen molar-refractivity contribution in [3.63, 3.8) is 0 Å². The lowest BCUT2D eigenvalue weighted by atomic mass is 9.92. The maximum atomic E-state index is 12.3. The number of piperidine rings is 1. The predicted octanol–water partition coefficient (Wildman–Crippen LogP) is 1.80. The van der Waals surface area contributed by atoms with Crippen LogP contribution >= 0.6 is 0 Å². The maximum absolute atomic E-state index is 12.3. The summed E-state index contributed by atoms with van der Waals surface area (Å²) in [5.41, 5.74) is 5.76. The van der Waals surface area contributed by atoms with Gasteiger partial charge in [-0.25, -0.2) is 0 Å². The van der Waals surface area contributed by atoms with Crippen LogP contribution in [0, 0.1) is 17.8 Å². The van der Waals surface area contributed by atoms with Crippen LogP contribution in [0.4, 0.5) is 0 Å². The molecule has 1 amide bonds. The van der Waals surface area contributed by atoms with Gasteiger partial charge >= 0.3 is 5.97 Å². The van der Waals surface area contributed by atoms with E-state index in [9.17, 15) is 9.59 Å². The summed E-state index contributed by atoms with van der Waals surface area (Å²) in [5.74, 6) is 0.828. The number of carbonyl (C=O) groups is 2. The number of hydrogen-bond donors (Lipinski definition) is 1. The number of rotatable bonds is 7. The molecule has 5 heteroatoms. The third-order valence-corrected chi connectivity index (χ3v) is 4.07. The Bertz CT molecular complexity index is 336. The van der Waals surface area contributed by atoms with Crippen molar-refractivity contribution >= 4 is 11.9 Å². The van der Waals surface area contributed by atoms with E-state index in [1.54, 1.807) is 0 Å². The normalized spacial score (nSPS) is 17.9. The van der Waals surface area contributed by atoms with Crippen molar-refractivity contribution in [1.82, 2.24) is 4.90 Å². The van der Waals surface area contributed by atoms with Gasteiger partial charge in [-0.2, -0.15) is 0 Å². The molecule has 0 aromatic rings. The first-order chi connectivity index (χ1) is 9.97. The van der Waals surface area contributed by atoms with Crippen LogP contribution < -0.4 is 5.73 Å². The van der Waals surface area contributed by atoms with Gasteiger partial charge in [0.2, 0.25) is 5.91 Å². The van der Waals surface area contributed by atoms with Crippen molar-refractivity contribution in [3.8, 4) is 0 Å². The van der Waals surface area contributed by atoms with Gasteiger partial charge in [0.1, 0.15) is 0 Å². The first-order valence-electron chi connectivity index (χ1n) is 8.12. The zero-order chi connectivity index (χ0) is 15.8. The van der Waals surface area contributed by atoms with E-state index in [-0.39, 0.29) is 23.7 Å². The zero-order valence-electron chi connectivity index (χ0n) is 13.6. The Kier molecular flexibility index (Phi) is 7.72. The number of likely N-dealkylation sites (tertiary alicyclic amines) is 1. The third kappa shape index (κ3) is 6.04. The van der Waals surface area contributed by atoms with E-state index in [1.165, 1.54) is 0 Å². The summed E-state index contributed by atoms with van der Waals surface area (Å²) in [7, 11) is 0. The minimum atomic E-state index is -0.121. The average molecular weight is 298 g/mol. The summed E-state index contributed by atoms with van der Waals surface area (Å²) in [5, 5.41) is 0. The Morgan fingerprint density at radius 1 is 1.29 bits per heavy atom. The van der Waals surface area contributed by atoms with Gasteiger partial charge in [0, 0.05) is 19.5 Å². The second kappa shape index (κ2) is 9.03. The van der Waals surface area contributed by atoms with Gasteiger partial charge in [0.25, 0.3) is 0 Å². The first-order valence-corrected chi connectivity index (χ1v) is 8.12. The lowest BCUT2D eigenvalue weighted by molar-refractivity contribution is -0.151. The van der Waals surface area contributed by atoms with Crippen molar-refractivity contribution in [2.75, 3.05) is 26.2 Å². The van der Waals surface area contributed by atoms with Gasteiger partial charge in [0.05, 0.1) is 12.5 Å². The topological polar surface area (TPSA) is 72.6 Å². The number of esters is 1. The van der Waals surface area contributed by atoms with E-state index in [0.29, 0.717) is 51.4 Å². The van der Waals surface area contributed by atoms with E-state index in [1.807, 2.05) is 11.8 Å². The van der Waals surface area contributed by atoms with Crippen molar-refractivity contribution < 1.29 is 14.3 Å². The van der Waals surface area contributed by atoms with Crippen molar-refractivity contribution in [2.45, 2.75) is 46.5 Å². The van der Waals surface area contributed by atoms with E-state index in [2.05, 4.69) is 13.8 Å². The Hall–Kier alpha value is -1.10. The summed E-state index contributed by atoms with van der Waals surface area (Å²) < 4.78 is 5.04. The number of carbonyl (C=O) groups excluding carboxylic acids is 2. The van der Waals surface area contributed by atoms with Gasteiger partial charge in [-0.05, 0) is 44.6 Å². The second-order valence-corrected chi connectivity index (χ2v) is 6.34. The summed E-state index contributed by atoms with van der Waals surface area (Å²) in [6.07, 6.45) is 2.93. The summed E-state index contributed by atoms with van der Waals surface area (Å²) in [6.45, 7) is 8.41. The molecule has 0 radical (unpaired) electrons. The molecule has 21 heavy (non-hydrogen) atoms. The Labute approximate surface area is 128 Å². The minimum Gasteiger partial charge on any atom is -0.466 e. The van der Waals surface area contributed by atoms with Crippen LogP contribution in [-0.2, 0) is 14.3 Å². The molecule has 1 fully saturated rings. The fraction of sp³-hybridized carbons (Fsp3) is 0.875. The molecule has 1 rings (SSSR count). The molecule has 0 unspecified atom stereocenters. The molecule has 2 N–H and O–H groups in total. The van der Waals surface area contributed by atoms with E-state index < -0.39 is 0 Å². The van der Waals surface area contributed by atoms with Gasteiger partial charge in [-0.15, -0.1) is 0 Å². The molecule has 1 heterocycles. The maximum Gasteiger partial charge on any atom is 0.309 e. The van der Waals surface area contributed by atoms with Crippen LogP contribution in [0.2, 0.25) is 0 Å². The van der Waals surface area contributed by atoms with Crippen LogP contribution in [0.25, 0.3) is 0 Å². The number of hydrogen-bond acceptors (Lipinski definition) is 4. The summed E-state index contributed by atoms with van der Waals surface area (Å²) in [6, 6.07) is 0. The van der Waals surface area contributed by atoms with Crippen LogP contribution in [0.3, 0.4) is 0 Å². The molecule has 0 aromatic carbocycles. The smallest absolute Gasteiger partial charge is 0.309 e. The average Bonchev–Trinajstić information content (AvgIpc) is 2.46. The van der Waals surface area contributed by atoms with Gasteiger partial charge in [-0.1, -0.05) is 13.8 Å². The molecule has 0 aliphatic carbocycles. The fourth-order valence-electron chi connectivity index (χ4n) is 2.93. The number of ether oxygens (including phenoxy) is 1. The number of nitrogens with zero attached hydrogens (tertiary/aromatic N) is 1. The number of amides is 1. The third-order valence-electron chi connectivity index (χ3n) is 4.07. The molecule has 1 aliphatic rings. The highest BCUT2D eigenvalue weighted by Gasteiger charge is 2.28. The largest absolute Gasteiger partial charge is 0.466 e. The lowest BCUT2D eigenvalue weighted by Gasteiger charge is -2.32. The Morgan fingerprint density at radius 2 is 1.90 bits per heavy atom. The summed E-state index contributed by atoms with van der Waals surface area (Å²) in [4.78, 5) is 25.9. The van der Waals surface area contributed by atoms with Gasteiger partial charge in [0.15, 0.2) is 0 Å². The molecule has 1 atom stereocenters. The van der Waals surface area contributed by atoms with Gasteiger partial charge in [-0.3, -0.25) is 9.59 Å². The highest BCUT2D eigenvalue weighted by atomic mass is 16.5. The molecule has 5 nitrogen and oxygen atoms in total. The van der Waals surface area contributed by atoms with Crippen molar-refractivity contribution in [2.24, 2.45) is 23.5 Å². The highest BCUT2D eigenvalue weighted by Crippen LogP contribution is 2.21. The molecule has 1 aliphatic heterocycles. The minimum absolute atomic E-state index is 0.0463. The van der Waals surface area contributed by atoms with Crippen LogP contribution in [0.15, 0.2) is 0 Å². The van der Waals surface area contributed by atoms with E-state index >= 15 is 0 Å². The zero-order valence-corrected chi connectivity index (χ0v) is 13.6. The Balaban J connectivity index is 2.39. The molecule has 0 saturated carbocycles. The molecular formula is C16H30N2O3. The Morgan fingerprint density at radius 3 is 2.38 bits per heavy atom. The lowest BCUT2D eigenvalue weighted by Crippen LogP contribution is -2.41. The second-order valence-electron chi connectivity index (χ2n) is 6.34. The molecule has 122 valence electrons. The number of nitrogens with two attached hydrogens (primary N) is 1. The monoisotopic (exact) mass is 298 g/mol. The van der Waals surface area contributed by atoms with Crippen molar-refractivity contribution in [1.29, 1.82) is 0 Å². The predicted molar refractivity (Wildman–Crippen MR) is 82.6 cm³/mol. The van der Waals surface area contributed by atoms with Crippen LogP contribution in [0.5, 0.6) is 0 Å². The molecule has 0 spiro atoms. The fourth-order valence-corrected chi connectivity index (χ4v) is 2.93. The van der Waals surface area contributed by atoms with E-state index in [0.717, 1.165) is 6.42 Å². The molecule has 0 aromatic heterocycles. The SMILES string of the molecule is CCOC(=O)C1CCN(C(=O)C[C@@H](CN)CC(C)C)CC1.